The standard InChI is InChI=1S/C23H34N4O2/c1-25-13-6-10-19(25)21(28)27-15-12-23(11-7-14-26(2)20(23)17-27)22(29)24-16-18-8-4-3-5-9-18/h6,8,10,13,20H,3-5,7,9,11-12,14-17H2,1-2H3,(H,24,29)/t20-,23+/m0/s1. The molecule has 3 heterocycles. The number of nitrogens with one attached hydrogen (secondary N) is 1. The van der Waals surface area contributed by atoms with Crippen molar-refractivity contribution in [3.63, 3.8) is 0 Å². The largest absolute Gasteiger partial charge is 0.352 e. The Hall–Kier alpha value is -2.08. The number of rotatable bonds is 4. The summed E-state index contributed by atoms with van der Waals surface area (Å²) in [6.07, 6.45) is 11.6. The van der Waals surface area contributed by atoms with Crippen LogP contribution in [-0.4, -0.2) is 65.4 Å². The molecule has 6 heteroatoms. The van der Waals surface area contributed by atoms with Gasteiger partial charge in [0.2, 0.25) is 5.91 Å². The van der Waals surface area contributed by atoms with Crippen molar-refractivity contribution < 1.29 is 9.59 Å². The molecule has 2 atom stereocenters. The Morgan fingerprint density at radius 3 is 2.76 bits per heavy atom. The van der Waals surface area contributed by atoms with E-state index in [1.807, 2.05) is 34.8 Å². The van der Waals surface area contributed by atoms with Gasteiger partial charge in [0, 0.05) is 38.9 Å². The van der Waals surface area contributed by atoms with Crippen LogP contribution in [0.3, 0.4) is 0 Å². The van der Waals surface area contributed by atoms with Crippen LogP contribution in [0.2, 0.25) is 0 Å². The van der Waals surface area contributed by atoms with Gasteiger partial charge in [-0.15, -0.1) is 0 Å². The summed E-state index contributed by atoms with van der Waals surface area (Å²) in [6, 6.07) is 3.86. The summed E-state index contributed by atoms with van der Waals surface area (Å²) < 4.78 is 1.87. The maximum absolute atomic E-state index is 13.4. The van der Waals surface area contributed by atoms with Gasteiger partial charge in [0.1, 0.15) is 5.69 Å². The van der Waals surface area contributed by atoms with Gasteiger partial charge in [-0.3, -0.25) is 9.59 Å². The molecule has 0 unspecified atom stereocenters. The Kier molecular flexibility index (Phi) is 5.81. The third-order valence-corrected chi connectivity index (χ3v) is 7.29. The molecule has 2 amide bonds. The van der Waals surface area contributed by atoms with Gasteiger partial charge in [0.25, 0.3) is 5.91 Å². The van der Waals surface area contributed by atoms with Crippen LogP contribution < -0.4 is 5.32 Å². The number of nitrogens with zero attached hydrogens (tertiary/aromatic N) is 3. The second kappa shape index (κ2) is 8.34. The number of carbonyl (C=O) groups is 2. The minimum Gasteiger partial charge on any atom is -0.352 e. The van der Waals surface area contributed by atoms with E-state index >= 15 is 0 Å². The van der Waals surface area contributed by atoms with Gasteiger partial charge in [-0.2, -0.15) is 0 Å². The maximum Gasteiger partial charge on any atom is 0.270 e. The molecule has 3 aliphatic rings. The van der Waals surface area contributed by atoms with Crippen molar-refractivity contribution in [1.82, 2.24) is 19.7 Å². The molecule has 2 aliphatic heterocycles. The highest BCUT2D eigenvalue weighted by Crippen LogP contribution is 2.42. The van der Waals surface area contributed by atoms with E-state index in [0.29, 0.717) is 25.3 Å². The number of amides is 2. The molecular formula is C23H34N4O2. The third kappa shape index (κ3) is 3.87. The van der Waals surface area contributed by atoms with Crippen LogP contribution in [0.4, 0.5) is 0 Å². The van der Waals surface area contributed by atoms with Crippen molar-refractivity contribution >= 4 is 11.8 Å². The summed E-state index contributed by atoms with van der Waals surface area (Å²) >= 11 is 0. The first kappa shape index (κ1) is 20.2. The first-order chi connectivity index (χ1) is 14.0. The molecule has 0 spiro atoms. The summed E-state index contributed by atoms with van der Waals surface area (Å²) in [4.78, 5) is 30.7. The maximum atomic E-state index is 13.4. The lowest BCUT2D eigenvalue weighted by molar-refractivity contribution is -0.142. The number of likely N-dealkylation sites (N-methyl/N-ethyl adjacent to an activating group) is 1. The number of fused-ring (bicyclic) bond motifs is 1. The number of carbonyl (C=O) groups excluding carboxylic acids is 2. The zero-order valence-corrected chi connectivity index (χ0v) is 17.8. The fraction of sp³-hybridized carbons (Fsp3) is 0.652. The highest BCUT2D eigenvalue weighted by atomic mass is 16.2. The van der Waals surface area contributed by atoms with Crippen molar-refractivity contribution in [2.45, 2.75) is 51.0 Å². The molecule has 0 saturated carbocycles. The van der Waals surface area contributed by atoms with E-state index in [1.54, 1.807) is 0 Å². The van der Waals surface area contributed by atoms with Crippen LogP contribution in [0, 0.1) is 5.41 Å². The van der Waals surface area contributed by atoms with Gasteiger partial charge >= 0.3 is 0 Å². The molecule has 0 radical (unpaired) electrons. The Balaban J connectivity index is 1.48. The summed E-state index contributed by atoms with van der Waals surface area (Å²) in [5, 5.41) is 3.27. The van der Waals surface area contributed by atoms with Crippen molar-refractivity contribution in [3.05, 3.63) is 35.7 Å². The molecule has 29 heavy (non-hydrogen) atoms. The number of aryl methyl sites for hydroxylation is 1. The van der Waals surface area contributed by atoms with Gasteiger partial charge in [-0.05, 0) is 70.7 Å². The van der Waals surface area contributed by atoms with Gasteiger partial charge < -0.3 is 19.7 Å². The average Bonchev–Trinajstić information content (AvgIpc) is 3.18. The fourth-order valence-corrected chi connectivity index (χ4v) is 5.47. The van der Waals surface area contributed by atoms with Crippen molar-refractivity contribution in [1.29, 1.82) is 0 Å². The quantitative estimate of drug-likeness (QED) is 0.793. The molecule has 1 aromatic heterocycles. The average molecular weight is 399 g/mol. The summed E-state index contributed by atoms with van der Waals surface area (Å²) in [7, 11) is 4.01. The monoisotopic (exact) mass is 398 g/mol. The van der Waals surface area contributed by atoms with Crippen LogP contribution in [0.5, 0.6) is 0 Å². The van der Waals surface area contributed by atoms with Crippen LogP contribution in [0.25, 0.3) is 0 Å². The van der Waals surface area contributed by atoms with E-state index in [4.69, 9.17) is 0 Å². The van der Waals surface area contributed by atoms with E-state index in [0.717, 1.165) is 38.6 Å². The lowest BCUT2D eigenvalue weighted by atomic mass is 9.67. The normalized spacial score (nSPS) is 27.9. The Morgan fingerprint density at radius 1 is 1.17 bits per heavy atom. The molecule has 6 nitrogen and oxygen atoms in total. The first-order valence-electron chi connectivity index (χ1n) is 11.1. The summed E-state index contributed by atoms with van der Waals surface area (Å²) in [5.41, 5.74) is 1.70. The molecule has 2 saturated heterocycles. The number of allylic oxidation sites excluding steroid dienone is 1. The van der Waals surface area contributed by atoms with Crippen LogP contribution >= 0.6 is 0 Å². The minimum atomic E-state index is -0.382. The molecule has 1 N–H and O–H groups in total. The van der Waals surface area contributed by atoms with Crippen LogP contribution in [-0.2, 0) is 11.8 Å². The van der Waals surface area contributed by atoms with Gasteiger partial charge in [0.05, 0.1) is 5.41 Å². The van der Waals surface area contributed by atoms with E-state index in [2.05, 4.69) is 23.3 Å². The smallest absolute Gasteiger partial charge is 0.270 e. The minimum absolute atomic E-state index is 0.0674. The van der Waals surface area contributed by atoms with Gasteiger partial charge in [-0.1, -0.05) is 11.6 Å². The SMILES string of the molecule is CN1CCC[C@@]2(C(=O)NCC3=CCCCC3)CCN(C(=O)c3cccn3C)C[C@H]12. The molecule has 0 aromatic carbocycles. The topological polar surface area (TPSA) is 57.6 Å². The number of hydrogen-bond donors (Lipinski definition) is 1. The Bertz CT molecular complexity index is 799. The molecule has 1 aliphatic carbocycles. The predicted octanol–water partition coefficient (Wildman–Crippen LogP) is 2.57. The van der Waals surface area contributed by atoms with Crippen molar-refractivity contribution in [3.8, 4) is 0 Å². The molecular weight excluding hydrogens is 364 g/mol. The van der Waals surface area contributed by atoms with Crippen LogP contribution in [0.15, 0.2) is 30.0 Å². The number of piperidine rings is 2. The Morgan fingerprint density at radius 2 is 2.03 bits per heavy atom. The number of likely N-dealkylation sites (tertiary alicyclic amines) is 2. The molecule has 0 bridgehead atoms. The van der Waals surface area contributed by atoms with E-state index in [-0.39, 0.29) is 23.3 Å². The number of hydrogen-bond acceptors (Lipinski definition) is 3. The Labute approximate surface area is 173 Å². The van der Waals surface area contributed by atoms with E-state index in [1.165, 1.54) is 18.4 Å². The van der Waals surface area contributed by atoms with Crippen molar-refractivity contribution in [2.24, 2.45) is 12.5 Å². The predicted molar refractivity (Wildman–Crippen MR) is 114 cm³/mol. The lowest BCUT2D eigenvalue weighted by Gasteiger charge is -2.53. The fourth-order valence-electron chi connectivity index (χ4n) is 5.47. The lowest BCUT2D eigenvalue weighted by Crippen LogP contribution is -2.65. The molecule has 4 rings (SSSR count). The van der Waals surface area contributed by atoms with E-state index < -0.39 is 0 Å². The van der Waals surface area contributed by atoms with Gasteiger partial charge in [0.15, 0.2) is 0 Å². The van der Waals surface area contributed by atoms with Gasteiger partial charge in [-0.25, -0.2) is 0 Å². The summed E-state index contributed by atoms with van der Waals surface area (Å²) in [5.74, 6) is 0.254. The second-order valence-electron chi connectivity index (χ2n) is 9.05. The van der Waals surface area contributed by atoms with E-state index in [9.17, 15) is 9.59 Å². The molecule has 2 fully saturated rings. The number of aromatic nitrogens is 1. The zero-order valence-electron chi connectivity index (χ0n) is 17.8. The van der Waals surface area contributed by atoms with Crippen molar-refractivity contribution in [2.75, 3.05) is 33.2 Å². The zero-order chi connectivity index (χ0) is 20.4. The molecule has 1 aromatic rings. The third-order valence-electron chi connectivity index (χ3n) is 7.29. The highest BCUT2D eigenvalue weighted by Gasteiger charge is 2.52. The summed E-state index contributed by atoms with van der Waals surface area (Å²) in [6.45, 7) is 2.93. The highest BCUT2D eigenvalue weighted by molar-refractivity contribution is 5.93. The van der Waals surface area contributed by atoms with Crippen LogP contribution in [0.1, 0.15) is 55.4 Å². The molecule has 158 valence electrons. The first-order valence-corrected chi connectivity index (χ1v) is 11.1. The second-order valence-corrected chi connectivity index (χ2v) is 9.05.